The molecule has 2 aromatic rings. The number of hydrogen-bond acceptors (Lipinski definition) is 12. The number of allylic oxidation sites excluding steroid dienone is 1. The van der Waals surface area contributed by atoms with Crippen LogP contribution >= 0.6 is 0 Å². The first-order valence-electron chi connectivity index (χ1n) is 15.1. The van der Waals surface area contributed by atoms with Crippen LogP contribution in [0.15, 0.2) is 72.0 Å². The topological polar surface area (TPSA) is 171 Å². The number of ether oxygens (including phenoxy) is 4. The second-order valence-corrected chi connectivity index (χ2v) is 12.7. The fraction of sp³-hybridized carbons (Fsp3) is 0.471. The van der Waals surface area contributed by atoms with E-state index < -0.39 is 70.3 Å². The number of aliphatic hydroxyl groups excluding tert-OH is 1. The first-order chi connectivity index (χ1) is 21.7. The van der Waals surface area contributed by atoms with Crippen molar-refractivity contribution in [3.05, 3.63) is 83.2 Å². The second kappa shape index (κ2) is 12.3. The molecule has 0 aromatic carbocycles. The highest BCUT2D eigenvalue weighted by atomic mass is 16.6. The zero-order valence-corrected chi connectivity index (χ0v) is 26.4. The number of esters is 4. The second-order valence-electron chi connectivity index (χ2n) is 12.7. The van der Waals surface area contributed by atoms with Gasteiger partial charge < -0.3 is 29.2 Å². The molecule has 1 saturated carbocycles. The summed E-state index contributed by atoms with van der Waals surface area (Å²) in [5, 5.41) is 23.3. The predicted molar refractivity (Wildman–Crippen MR) is 161 cm³/mol. The van der Waals surface area contributed by atoms with Gasteiger partial charge in [0.15, 0.2) is 12.2 Å². The van der Waals surface area contributed by atoms with E-state index in [-0.39, 0.29) is 29.7 Å². The fourth-order valence-corrected chi connectivity index (χ4v) is 7.51. The molecule has 244 valence electrons. The summed E-state index contributed by atoms with van der Waals surface area (Å²) in [6.45, 7) is 7.98. The minimum Gasteiger partial charge on any atom is -0.502 e. The van der Waals surface area contributed by atoms with Gasteiger partial charge in [-0.1, -0.05) is 25.5 Å². The van der Waals surface area contributed by atoms with Crippen LogP contribution < -0.4 is 0 Å². The number of carbonyl (C=O) groups excluding carboxylic acids is 4. The maximum absolute atomic E-state index is 13.6. The Hall–Kier alpha value is -4.58. The molecule has 0 saturated heterocycles. The molecule has 1 aliphatic heterocycles. The highest BCUT2D eigenvalue weighted by Gasteiger charge is 2.73. The minimum absolute atomic E-state index is 0.105. The van der Waals surface area contributed by atoms with E-state index in [2.05, 4.69) is 9.97 Å². The summed E-state index contributed by atoms with van der Waals surface area (Å²) in [7, 11) is 0. The lowest BCUT2D eigenvalue weighted by atomic mass is 9.42. The summed E-state index contributed by atoms with van der Waals surface area (Å²) >= 11 is 0. The summed E-state index contributed by atoms with van der Waals surface area (Å²) in [6, 6.07) is 6.20. The number of carbonyl (C=O) groups is 4. The maximum Gasteiger partial charge on any atom is 0.373 e. The molecule has 46 heavy (non-hydrogen) atoms. The van der Waals surface area contributed by atoms with Crippen molar-refractivity contribution in [1.82, 2.24) is 9.97 Å². The minimum atomic E-state index is -2.04. The lowest BCUT2D eigenvalue weighted by Gasteiger charge is -2.66. The van der Waals surface area contributed by atoms with Crippen LogP contribution in [0.2, 0.25) is 0 Å². The van der Waals surface area contributed by atoms with Crippen LogP contribution in [0.25, 0.3) is 0 Å². The molecular formula is C34H38N2O10. The van der Waals surface area contributed by atoms with Gasteiger partial charge in [0, 0.05) is 54.5 Å². The van der Waals surface area contributed by atoms with Gasteiger partial charge in [-0.25, -0.2) is 14.4 Å². The van der Waals surface area contributed by atoms with Gasteiger partial charge in [0.2, 0.25) is 5.76 Å². The van der Waals surface area contributed by atoms with Gasteiger partial charge in [-0.2, -0.15) is 0 Å². The first-order valence-corrected chi connectivity index (χ1v) is 15.1. The summed E-state index contributed by atoms with van der Waals surface area (Å²) in [5.74, 6) is -4.23. The number of aliphatic hydroxyl groups is 2. The van der Waals surface area contributed by atoms with Gasteiger partial charge in [-0.05, 0) is 56.9 Å². The monoisotopic (exact) mass is 634 g/mol. The maximum atomic E-state index is 13.6. The molecule has 2 aliphatic carbocycles. The summed E-state index contributed by atoms with van der Waals surface area (Å²) in [4.78, 5) is 60.0. The normalized spacial score (nSPS) is 31.2. The molecule has 3 heterocycles. The van der Waals surface area contributed by atoms with Crippen molar-refractivity contribution >= 4 is 23.9 Å². The Morgan fingerprint density at radius 3 is 2.11 bits per heavy atom. The Kier molecular flexibility index (Phi) is 8.78. The van der Waals surface area contributed by atoms with Gasteiger partial charge in [0.25, 0.3) is 0 Å². The van der Waals surface area contributed by atoms with E-state index in [0.29, 0.717) is 12.8 Å². The largest absolute Gasteiger partial charge is 0.502 e. The van der Waals surface area contributed by atoms with Crippen LogP contribution in [0, 0.1) is 16.7 Å². The zero-order chi connectivity index (χ0) is 33.4. The number of pyridine rings is 2. The Balaban J connectivity index is 1.70. The average Bonchev–Trinajstić information content (AvgIpc) is 3.35. The molecular weight excluding hydrogens is 596 g/mol. The van der Waals surface area contributed by atoms with E-state index in [1.165, 1.54) is 44.7 Å². The lowest BCUT2D eigenvalue weighted by Crippen LogP contribution is -2.75. The molecule has 1 unspecified atom stereocenters. The van der Waals surface area contributed by atoms with Crippen molar-refractivity contribution < 1.29 is 48.3 Å². The number of rotatable bonds is 8. The van der Waals surface area contributed by atoms with E-state index in [9.17, 15) is 29.4 Å². The molecule has 12 nitrogen and oxygen atoms in total. The standard InChI is InChI=1S/C34H38N2O10/c1-19-9-6-12-24-32(19,3)27(45-29(39)21-10-7-13-35-16-21)28(46-30(40)22-11-8-14-36-17-22)34(5,42)33(24,4)25(44-20(2)37)15-23-18-43-31(41)26(23)38/h7-11,13-14,16-17,24-25,27-28,38,42H,6,12,15,18H2,1-5H3/t24?,25-,27-,28-,32-,33-,34-/m0/s1. The Morgan fingerprint density at radius 1 is 1.02 bits per heavy atom. The summed E-state index contributed by atoms with van der Waals surface area (Å²) < 4.78 is 23.3. The van der Waals surface area contributed by atoms with Crippen LogP contribution in [-0.4, -0.2) is 74.6 Å². The Labute approximate surface area is 266 Å². The average molecular weight is 635 g/mol. The van der Waals surface area contributed by atoms with Crippen LogP contribution in [0.4, 0.5) is 0 Å². The molecule has 3 aliphatic rings. The van der Waals surface area contributed by atoms with Gasteiger partial charge in [-0.3, -0.25) is 14.8 Å². The number of nitrogens with zero attached hydrogens (tertiary/aromatic N) is 2. The Bertz CT molecular complexity index is 1590. The molecule has 5 rings (SSSR count). The summed E-state index contributed by atoms with van der Waals surface area (Å²) in [6.07, 6.45) is 4.77. The number of aromatic nitrogens is 2. The van der Waals surface area contributed by atoms with Crippen molar-refractivity contribution in [3.8, 4) is 0 Å². The quantitative estimate of drug-likeness (QED) is 0.243. The molecule has 2 N–H and O–H groups in total. The highest BCUT2D eigenvalue weighted by molar-refractivity contribution is 5.90. The van der Waals surface area contributed by atoms with E-state index in [1.807, 2.05) is 19.9 Å². The molecule has 0 bridgehead atoms. The third kappa shape index (κ3) is 5.44. The van der Waals surface area contributed by atoms with Gasteiger partial charge in [-0.15, -0.1) is 0 Å². The predicted octanol–water partition coefficient (Wildman–Crippen LogP) is 4.05. The lowest BCUT2D eigenvalue weighted by molar-refractivity contribution is -0.290. The number of fused-ring (bicyclic) bond motifs is 1. The first kappa shape index (κ1) is 32.8. The van der Waals surface area contributed by atoms with Crippen molar-refractivity contribution in [2.75, 3.05) is 6.61 Å². The third-order valence-electron chi connectivity index (χ3n) is 10.3. The van der Waals surface area contributed by atoms with Crippen molar-refractivity contribution in [3.63, 3.8) is 0 Å². The number of hydrogen-bond donors (Lipinski definition) is 2. The molecule has 12 heteroatoms. The van der Waals surface area contributed by atoms with Crippen molar-refractivity contribution in [1.29, 1.82) is 0 Å². The highest BCUT2D eigenvalue weighted by Crippen LogP contribution is 2.65. The smallest absolute Gasteiger partial charge is 0.373 e. The molecule has 1 fully saturated rings. The van der Waals surface area contributed by atoms with E-state index in [0.717, 1.165) is 5.57 Å². The van der Waals surface area contributed by atoms with Crippen molar-refractivity contribution in [2.45, 2.75) is 77.8 Å². The summed E-state index contributed by atoms with van der Waals surface area (Å²) in [5.41, 5.74) is -3.23. The van der Waals surface area contributed by atoms with E-state index in [1.54, 1.807) is 25.1 Å². The Morgan fingerprint density at radius 2 is 1.61 bits per heavy atom. The molecule has 0 radical (unpaired) electrons. The van der Waals surface area contributed by atoms with Crippen LogP contribution in [0.5, 0.6) is 0 Å². The van der Waals surface area contributed by atoms with Crippen LogP contribution in [0.1, 0.15) is 74.6 Å². The number of cyclic esters (lactones) is 1. The van der Waals surface area contributed by atoms with Gasteiger partial charge >= 0.3 is 23.9 Å². The molecule has 0 spiro atoms. The fourth-order valence-electron chi connectivity index (χ4n) is 7.51. The molecule has 7 atom stereocenters. The van der Waals surface area contributed by atoms with Crippen LogP contribution in [-0.2, 0) is 28.5 Å². The van der Waals surface area contributed by atoms with E-state index >= 15 is 0 Å². The third-order valence-corrected chi connectivity index (χ3v) is 10.3. The van der Waals surface area contributed by atoms with E-state index in [4.69, 9.17) is 18.9 Å². The molecule has 2 aromatic heterocycles. The van der Waals surface area contributed by atoms with Gasteiger partial charge in [0.05, 0.1) is 11.1 Å². The van der Waals surface area contributed by atoms with Gasteiger partial charge in [0.1, 0.15) is 18.3 Å². The molecule has 0 amide bonds. The van der Waals surface area contributed by atoms with Crippen molar-refractivity contribution in [2.24, 2.45) is 16.7 Å². The van der Waals surface area contributed by atoms with Crippen LogP contribution in [0.3, 0.4) is 0 Å². The zero-order valence-electron chi connectivity index (χ0n) is 26.4. The SMILES string of the molecule is CC(=O)O[C@@H](CC1=C(O)C(=O)OC1)[C@]1(C)C2CCC=C(C)[C@]2(C)[C@@H](OC(=O)c2cccnc2)[C@H](OC(=O)c2cccnc2)[C@]1(C)O.